The number of carboxylic acids is 1. The van der Waals surface area contributed by atoms with E-state index in [-0.39, 0.29) is 36.2 Å². The molecule has 2 atom stereocenters. The summed E-state index contributed by atoms with van der Waals surface area (Å²) in [7, 11) is 5.53. The van der Waals surface area contributed by atoms with Crippen LogP contribution in [0.25, 0.3) is 0 Å². The fourth-order valence-corrected chi connectivity index (χ4v) is 7.63. The van der Waals surface area contributed by atoms with E-state index in [2.05, 4.69) is 38.2 Å². The number of carbonyl (C=O) groups is 3. The van der Waals surface area contributed by atoms with E-state index in [1.807, 2.05) is 45.4 Å². The number of carboxylic acid groups (broad SMARTS) is 1. The van der Waals surface area contributed by atoms with E-state index in [1.54, 1.807) is 0 Å². The predicted octanol–water partition coefficient (Wildman–Crippen LogP) is 14.8. The molecule has 0 aliphatic heterocycles. The number of aliphatic carboxylic acids is 1. The number of allylic oxidation sites excluding steroid dienone is 8. The van der Waals surface area contributed by atoms with E-state index in [4.69, 9.17) is 14.2 Å². The predicted molar refractivity (Wildman–Crippen MR) is 261 cm³/mol. The SMILES string of the molecule is CC/C=C/C=C/C=C/C=C/CCCCCCCC(=O)OC(COCCC(C(=O)O)[N+](C)(C)C)COC(=O)CCCCCCCCCCCCCCCCCCCCCCCCC. The third kappa shape index (κ3) is 42.6. The maximum atomic E-state index is 12.8. The van der Waals surface area contributed by atoms with Gasteiger partial charge in [0, 0.05) is 19.3 Å². The van der Waals surface area contributed by atoms with Crippen molar-refractivity contribution in [2.24, 2.45) is 0 Å². The third-order valence-electron chi connectivity index (χ3n) is 11.6. The Morgan fingerprint density at radius 3 is 1.34 bits per heavy atom. The van der Waals surface area contributed by atoms with Crippen molar-refractivity contribution < 1.29 is 38.2 Å². The standard InChI is InChI=1S/C54H97NO7/c1-6-8-10-12-14-16-18-20-22-23-24-25-26-27-28-29-31-32-34-36-38-40-42-44-52(56)61-49-50(48-60-47-46-51(54(58)59)55(3,4)5)62-53(57)45-43-41-39-37-35-33-30-21-19-17-15-13-11-9-7-2/h9,11,13,15,17,19,21,30,50-51H,6-8,10,12,14,16,18,20,22-29,31-49H2,1-5H3/p+1/b11-9+,15-13+,19-17+,30-21+. The van der Waals surface area contributed by atoms with Crippen LogP contribution in [0.15, 0.2) is 48.6 Å². The number of rotatable bonds is 46. The van der Waals surface area contributed by atoms with E-state index in [0.29, 0.717) is 19.3 Å². The molecule has 0 spiro atoms. The summed E-state index contributed by atoms with van der Waals surface area (Å²) in [6.07, 6.45) is 54.6. The van der Waals surface area contributed by atoms with Gasteiger partial charge in [-0.15, -0.1) is 0 Å². The van der Waals surface area contributed by atoms with Crippen LogP contribution in [0.1, 0.15) is 226 Å². The Morgan fingerprint density at radius 2 is 0.903 bits per heavy atom. The number of carbonyl (C=O) groups excluding carboxylic acids is 2. The van der Waals surface area contributed by atoms with Gasteiger partial charge in [-0.1, -0.05) is 223 Å². The zero-order valence-corrected chi connectivity index (χ0v) is 41.1. The molecule has 360 valence electrons. The van der Waals surface area contributed by atoms with Gasteiger partial charge in [0.25, 0.3) is 0 Å². The Labute approximate surface area is 382 Å². The van der Waals surface area contributed by atoms with E-state index >= 15 is 0 Å². The summed E-state index contributed by atoms with van der Waals surface area (Å²) in [5.41, 5.74) is 0. The van der Waals surface area contributed by atoms with Crippen molar-refractivity contribution in [2.45, 2.75) is 238 Å². The molecule has 0 aromatic rings. The minimum Gasteiger partial charge on any atom is -0.477 e. The molecule has 2 unspecified atom stereocenters. The lowest BCUT2D eigenvalue weighted by atomic mass is 10.0. The van der Waals surface area contributed by atoms with Gasteiger partial charge in [-0.05, 0) is 32.1 Å². The molecular weight excluding hydrogens is 775 g/mol. The molecule has 8 nitrogen and oxygen atoms in total. The number of likely N-dealkylation sites (N-methyl/N-ethyl adjacent to an activating group) is 1. The number of nitrogens with zero attached hydrogens (tertiary/aromatic N) is 1. The van der Waals surface area contributed by atoms with Crippen molar-refractivity contribution in [3.63, 3.8) is 0 Å². The Hall–Kier alpha value is -2.71. The number of hydrogen-bond acceptors (Lipinski definition) is 6. The molecular formula is C54H98NO7+. The average molecular weight is 873 g/mol. The summed E-state index contributed by atoms with van der Waals surface area (Å²) in [6.45, 7) is 4.60. The van der Waals surface area contributed by atoms with Gasteiger partial charge in [0.1, 0.15) is 6.61 Å². The van der Waals surface area contributed by atoms with Crippen LogP contribution < -0.4 is 0 Å². The second kappa shape index (κ2) is 44.9. The van der Waals surface area contributed by atoms with Crippen molar-refractivity contribution >= 4 is 17.9 Å². The van der Waals surface area contributed by atoms with Crippen LogP contribution in [0.4, 0.5) is 0 Å². The van der Waals surface area contributed by atoms with E-state index < -0.39 is 18.1 Å². The summed E-state index contributed by atoms with van der Waals surface area (Å²) < 4.78 is 17.3. The Balaban J connectivity index is 4.19. The smallest absolute Gasteiger partial charge is 0.362 e. The third-order valence-corrected chi connectivity index (χ3v) is 11.6. The molecule has 0 aromatic heterocycles. The largest absolute Gasteiger partial charge is 0.477 e. The fourth-order valence-electron chi connectivity index (χ4n) is 7.63. The maximum Gasteiger partial charge on any atom is 0.362 e. The van der Waals surface area contributed by atoms with Crippen LogP contribution in [-0.2, 0) is 28.6 Å². The molecule has 0 aliphatic rings. The summed E-state index contributed by atoms with van der Waals surface area (Å²) in [6, 6.07) is -0.620. The minimum atomic E-state index is -0.878. The molecule has 0 amide bonds. The highest BCUT2D eigenvalue weighted by molar-refractivity contribution is 5.72. The Bertz CT molecular complexity index is 1150. The first-order chi connectivity index (χ1) is 30.1. The highest BCUT2D eigenvalue weighted by Crippen LogP contribution is 2.17. The van der Waals surface area contributed by atoms with Crippen molar-refractivity contribution in [1.29, 1.82) is 0 Å². The highest BCUT2D eigenvalue weighted by atomic mass is 16.6. The molecule has 8 heteroatoms. The number of hydrogen-bond donors (Lipinski definition) is 1. The maximum absolute atomic E-state index is 12.8. The summed E-state index contributed by atoms with van der Waals surface area (Å²) >= 11 is 0. The normalized spacial score (nSPS) is 13.2. The first kappa shape index (κ1) is 59.3. The van der Waals surface area contributed by atoms with Crippen molar-refractivity contribution in [2.75, 3.05) is 41.0 Å². The Kier molecular flexibility index (Phi) is 42.9. The topological polar surface area (TPSA) is 99.1 Å². The average Bonchev–Trinajstić information content (AvgIpc) is 3.23. The summed E-state index contributed by atoms with van der Waals surface area (Å²) in [5, 5.41) is 9.65. The van der Waals surface area contributed by atoms with Crippen LogP contribution in [0, 0.1) is 0 Å². The van der Waals surface area contributed by atoms with Gasteiger partial charge in [0.2, 0.25) is 0 Å². The second-order valence-electron chi connectivity index (χ2n) is 18.5. The van der Waals surface area contributed by atoms with Crippen LogP contribution in [0.5, 0.6) is 0 Å². The van der Waals surface area contributed by atoms with Gasteiger partial charge in [-0.3, -0.25) is 9.59 Å². The van der Waals surface area contributed by atoms with Crippen molar-refractivity contribution in [3.05, 3.63) is 48.6 Å². The second-order valence-corrected chi connectivity index (χ2v) is 18.5. The monoisotopic (exact) mass is 873 g/mol. The van der Waals surface area contributed by atoms with Gasteiger partial charge in [0.15, 0.2) is 12.1 Å². The lowest BCUT2D eigenvalue weighted by Gasteiger charge is -2.31. The molecule has 62 heavy (non-hydrogen) atoms. The van der Waals surface area contributed by atoms with Gasteiger partial charge in [-0.25, -0.2) is 4.79 Å². The van der Waals surface area contributed by atoms with Gasteiger partial charge in [0.05, 0.1) is 34.4 Å². The van der Waals surface area contributed by atoms with Gasteiger partial charge >= 0.3 is 17.9 Å². The number of esters is 2. The molecule has 0 aromatic carbocycles. The quantitative estimate of drug-likeness (QED) is 0.0281. The zero-order valence-electron chi connectivity index (χ0n) is 41.1. The van der Waals surface area contributed by atoms with E-state index in [0.717, 1.165) is 64.2 Å². The van der Waals surface area contributed by atoms with Crippen molar-refractivity contribution in [1.82, 2.24) is 0 Å². The first-order valence-corrected chi connectivity index (χ1v) is 25.7. The van der Waals surface area contributed by atoms with Crippen LogP contribution >= 0.6 is 0 Å². The van der Waals surface area contributed by atoms with E-state index in [1.165, 1.54) is 128 Å². The van der Waals surface area contributed by atoms with Crippen molar-refractivity contribution in [3.8, 4) is 0 Å². The lowest BCUT2D eigenvalue weighted by molar-refractivity contribution is -0.887. The van der Waals surface area contributed by atoms with Gasteiger partial charge in [-0.2, -0.15) is 0 Å². The molecule has 0 radical (unpaired) electrons. The Morgan fingerprint density at radius 1 is 0.500 bits per heavy atom. The molecule has 0 aliphatic carbocycles. The van der Waals surface area contributed by atoms with Crippen LogP contribution in [-0.4, -0.2) is 80.6 Å². The number of quaternary nitrogens is 1. The van der Waals surface area contributed by atoms with E-state index in [9.17, 15) is 19.5 Å². The molecule has 1 N–H and O–H groups in total. The first-order valence-electron chi connectivity index (χ1n) is 25.7. The number of ether oxygens (including phenoxy) is 3. The van der Waals surface area contributed by atoms with Crippen LogP contribution in [0.2, 0.25) is 0 Å². The molecule has 0 fully saturated rings. The fraction of sp³-hybridized carbons (Fsp3) is 0.796. The molecule has 0 rings (SSSR count). The minimum absolute atomic E-state index is 0.0524. The number of unbranched alkanes of at least 4 members (excludes halogenated alkanes) is 27. The lowest BCUT2D eigenvalue weighted by Crippen LogP contribution is -2.50. The summed E-state index contributed by atoms with van der Waals surface area (Å²) in [4.78, 5) is 37.1. The zero-order chi connectivity index (χ0) is 45.6. The summed E-state index contributed by atoms with van der Waals surface area (Å²) in [5.74, 6) is -1.49. The molecule has 0 saturated heterocycles. The van der Waals surface area contributed by atoms with Crippen LogP contribution in [0.3, 0.4) is 0 Å². The molecule has 0 bridgehead atoms. The highest BCUT2D eigenvalue weighted by Gasteiger charge is 2.31. The molecule has 0 heterocycles. The molecule has 0 saturated carbocycles. The van der Waals surface area contributed by atoms with Gasteiger partial charge < -0.3 is 23.8 Å².